The van der Waals surface area contributed by atoms with Crippen molar-refractivity contribution >= 4 is 5.82 Å². The molecule has 3 rings (SSSR count). The highest BCUT2D eigenvalue weighted by molar-refractivity contribution is 5.38. The molecular formula is C13H20N4. The number of rotatable bonds is 3. The zero-order valence-electron chi connectivity index (χ0n) is 10.4. The van der Waals surface area contributed by atoms with E-state index in [2.05, 4.69) is 20.2 Å². The quantitative estimate of drug-likeness (QED) is 0.856. The van der Waals surface area contributed by atoms with Crippen LogP contribution in [0.5, 0.6) is 0 Å². The fourth-order valence-corrected chi connectivity index (χ4v) is 3.21. The van der Waals surface area contributed by atoms with Gasteiger partial charge in [-0.15, -0.1) is 0 Å². The summed E-state index contributed by atoms with van der Waals surface area (Å²) in [6, 6.07) is 0. The molecule has 1 saturated heterocycles. The van der Waals surface area contributed by atoms with Crippen LogP contribution in [0.2, 0.25) is 0 Å². The molecule has 1 aliphatic heterocycles. The van der Waals surface area contributed by atoms with E-state index in [0.717, 1.165) is 29.9 Å². The summed E-state index contributed by atoms with van der Waals surface area (Å²) in [7, 11) is 1.93. The Morgan fingerprint density at radius 1 is 1.24 bits per heavy atom. The monoisotopic (exact) mass is 232 g/mol. The van der Waals surface area contributed by atoms with Crippen LogP contribution in [0, 0.1) is 11.8 Å². The summed E-state index contributed by atoms with van der Waals surface area (Å²) in [5.74, 6) is 2.88. The first kappa shape index (κ1) is 11.0. The summed E-state index contributed by atoms with van der Waals surface area (Å²) in [6.07, 6.45) is 8.06. The molecule has 17 heavy (non-hydrogen) atoms. The highest BCUT2D eigenvalue weighted by atomic mass is 15.2. The van der Waals surface area contributed by atoms with Gasteiger partial charge in [0.1, 0.15) is 5.82 Å². The van der Waals surface area contributed by atoms with Gasteiger partial charge in [-0.25, -0.2) is 4.98 Å². The van der Waals surface area contributed by atoms with Crippen molar-refractivity contribution in [3.63, 3.8) is 0 Å². The molecule has 0 radical (unpaired) electrons. The van der Waals surface area contributed by atoms with E-state index in [1.165, 1.54) is 32.4 Å². The molecule has 0 spiro atoms. The largest absolute Gasteiger partial charge is 0.355 e. The summed E-state index contributed by atoms with van der Waals surface area (Å²) in [4.78, 5) is 11.4. The Labute approximate surface area is 102 Å². The lowest BCUT2D eigenvalue weighted by Gasteiger charge is -2.17. The molecule has 1 saturated carbocycles. The molecule has 1 aliphatic carbocycles. The molecule has 1 aromatic rings. The number of hydrogen-bond donors (Lipinski definition) is 1. The molecule has 2 heterocycles. The second-order valence-electron chi connectivity index (χ2n) is 5.25. The lowest BCUT2D eigenvalue weighted by Crippen LogP contribution is -2.22. The molecular weight excluding hydrogens is 212 g/mol. The van der Waals surface area contributed by atoms with Crippen LogP contribution in [-0.2, 0) is 6.54 Å². The van der Waals surface area contributed by atoms with Crippen LogP contribution in [0.3, 0.4) is 0 Å². The Balaban J connectivity index is 1.68. The molecule has 2 fully saturated rings. The molecule has 0 aromatic carbocycles. The normalized spacial score (nSPS) is 27.5. The average molecular weight is 232 g/mol. The van der Waals surface area contributed by atoms with E-state index in [0.29, 0.717) is 0 Å². The fourth-order valence-electron chi connectivity index (χ4n) is 3.21. The van der Waals surface area contributed by atoms with Gasteiger partial charge in [-0.2, -0.15) is 0 Å². The van der Waals surface area contributed by atoms with E-state index in [-0.39, 0.29) is 0 Å². The second kappa shape index (κ2) is 4.61. The van der Waals surface area contributed by atoms with Gasteiger partial charge in [-0.1, -0.05) is 6.42 Å². The Hall–Kier alpha value is -1.16. The maximum Gasteiger partial charge on any atom is 0.147 e. The number of fused-ring (bicyclic) bond motifs is 1. The molecule has 4 nitrogen and oxygen atoms in total. The Kier molecular flexibility index (Phi) is 2.97. The summed E-state index contributed by atoms with van der Waals surface area (Å²) >= 11 is 0. The number of anilines is 1. The molecule has 2 atom stereocenters. The Morgan fingerprint density at radius 2 is 2.00 bits per heavy atom. The zero-order valence-corrected chi connectivity index (χ0v) is 10.4. The lowest BCUT2D eigenvalue weighted by molar-refractivity contribution is 0.494. The van der Waals surface area contributed by atoms with Crippen molar-refractivity contribution in [2.24, 2.45) is 11.8 Å². The van der Waals surface area contributed by atoms with Crippen molar-refractivity contribution in [1.82, 2.24) is 15.3 Å². The molecule has 2 aliphatic rings. The first-order valence-electron chi connectivity index (χ1n) is 6.57. The van der Waals surface area contributed by atoms with Gasteiger partial charge >= 0.3 is 0 Å². The highest BCUT2D eigenvalue weighted by Crippen LogP contribution is 2.38. The third-order valence-corrected chi connectivity index (χ3v) is 4.10. The van der Waals surface area contributed by atoms with Crippen LogP contribution < -0.4 is 10.2 Å². The minimum absolute atomic E-state index is 0.790. The van der Waals surface area contributed by atoms with E-state index in [1.807, 2.05) is 19.4 Å². The highest BCUT2D eigenvalue weighted by Gasteiger charge is 2.36. The minimum Gasteiger partial charge on any atom is -0.355 e. The van der Waals surface area contributed by atoms with E-state index >= 15 is 0 Å². The van der Waals surface area contributed by atoms with Gasteiger partial charge < -0.3 is 10.2 Å². The van der Waals surface area contributed by atoms with Crippen molar-refractivity contribution in [2.75, 3.05) is 25.0 Å². The smallest absolute Gasteiger partial charge is 0.147 e. The van der Waals surface area contributed by atoms with Gasteiger partial charge in [0.15, 0.2) is 0 Å². The molecule has 0 bridgehead atoms. The molecule has 4 heteroatoms. The van der Waals surface area contributed by atoms with Crippen molar-refractivity contribution in [3.05, 3.63) is 18.1 Å². The summed E-state index contributed by atoms with van der Waals surface area (Å²) in [6.45, 7) is 3.16. The van der Waals surface area contributed by atoms with Crippen LogP contribution in [0.4, 0.5) is 5.82 Å². The minimum atomic E-state index is 0.790. The van der Waals surface area contributed by atoms with E-state index in [4.69, 9.17) is 0 Å². The Morgan fingerprint density at radius 3 is 2.59 bits per heavy atom. The zero-order chi connectivity index (χ0) is 11.7. The fraction of sp³-hybridized carbons (Fsp3) is 0.692. The van der Waals surface area contributed by atoms with Crippen molar-refractivity contribution in [2.45, 2.75) is 25.8 Å². The summed E-state index contributed by atoms with van der Waals surface area (Å²) in [5.41, 5.74) is 1.01. The molecule has 0 amide bonds. The predicted octanol–water partition coefficient (Wildman–Crippen LogP) is 1.43. The first-order valence-corrected chi connectivity index (χ1v) is 6.57. The number of nitrogens with one attached hydrogen (secondary N) is 1. The van der Waals surface area contributed by atoms with Gasteiger partial charge in [-0.3, -0.25) is 4.98 Å². The van der Waals surface area contributed by atoms with E-state index in [1.54, 1.807) is 0 Å². The van der Waals surface area contributed by atoms with E-state index < -0.39 is 0 Å². The second-order valence-corrected chi connectivity index (χ2v) is 5.25. The average Bonchev–Trinajstić information content (AvgIpc) is 2.90. The molecule has 2 unspecified atom stereocenters. The third-order valence-electron chi connectivity index (χ3n) is 4.10. The van der Waals surface area contributed by atoms with E-state index in [9.17, 15) is 0 Å². The maximum absolute atomic E-state index is 4.53. The van der Waals surface area contributed by atoms with Crippen LogP contribution in [0.1, 0.15) is 25.0 Å². The van der Waals surface area contributed by atoms with Crippen molar-refractivity contribution in [3.8, 4) is 0 Å². The molecule has 92 valence electrons. The van der Waals surface area contributed by atoms with Crippen molar-refractivity contribution < 1.29 is 0 Å². The predicted molar refractivity (Wildman–Crippen MR) is 67.8 cm³/mol. The first-order chi connectivity index (χ1) is 8.36. The third kappa shape index (κ3) is 2.14. The standard InChI is InChI=1S/C13H20N4/c1-14-5-12-6-16-13(7-15-12)17-8-10-3-2-4-11(10)9-17/h6-7,10-11,14H,2-5,8-9H2,1H3. The molecule has 1 aromatic heterocycles. The van der Waals surface area contributed by atoms with Gasteiger partial charge in [0.25, 0.3) is 0 Å². The summed E-state index contributed by atoms with van der Waals surface area (Å²) < 4.78 is 0. The topological polar surface area (TPSA) is 41.1 Å². The van der Waals surface area contributed by atoms with Crippen LogP contribution in [-0.4, -0.2) is 30.1 Å². The molecule has 1 N–H and O–H groups in total. The van der Waals surface area contributed by atoms with Crippen LogP contribution >= 0.6 is 0 Å². The van der Waals surface area contributed by atoms with Crippen molar-refractivity contribution in [1.29, 1.82) is 0 Å². The lowest BCUT2D eigenvalue weighted by atomic mass is 10.0. The van der Waals surface area contributed by atoms with Crippen LogP contribution in [0.15, 0.2) is 12.4 Å². The number of nitrogens with zero attached hydrogens (tertiary/aromatic N) is 3. The Bertz CT molecular complexity index is 364. The number of aromatic nitrogens is 2. The van der Waals surface area contributed by atoms with Gasteiger partial charge in [0.05, 0.1) is 18.1 Å². The van der Waals surface area contributed by atoms with Gasteiger partial charge in [0, 0.05) is 19.6 Å². The maximum atomic E-state index is 4.53. The SMILES string of the molecule is CNCc1cnc(N2CC3CCCC3C2)cn1. The van der Waals surface area contributed by atoms with Gasteiger partial charge in [0.2, 0.25) is 0 Å². The summed E-state index contributed by atoms with van der Waals surface area (Å²) in [5, 5.41) is 3.09. The number of hydrogen-bond acceptors (Lipinski definition) is 4. The van der Waals surface area contributed by atoms with Crippen LogP contribution in [0.25, 0.3) is 0 Å². The van der Waals surface area contributed by atoms with Gasteiger partial charge in [-0.05, 0) is 31.7 Å².